The number of benzene rings is 2. The Labute approximate surface area is 130 Å². The van der Waals surface area contributed by atoms with Gasteiger partial charge in [0.25, 0.3) is 5.91 Å². The third-order valence-electron chi connectivity index (χ3n) is 3.86. The normalized spacial score (nSPS) is 12.8. The molecule has 0 aromatic heterocycles. The van der Waals surface area contributed by atoms with E-state index in [9.17, 15) is 4.79 Å². The van der Waals surface area contributed by atoms with Crippen molar-refractivity contribution in [1.82, 2.24) is 0 Å². The van der Waals surface area contributed by atoms with Crippen LogP contribution in [0.2, 0.25) is 0 Å². The Bertz CT molecular complexity index is 665. The molecule has 0 heterocycles. The quantitative estimate of drug-likeness (QED) is 0.891. The number of rotatable bonds is 5. The molecule has 22 heavy (non-hydrogen) atoms. The smallest absolute Gasteiger partial charge is 0.255 e. The number of anilines is 1. The molecule has 0 fully saturated rings. The summed E-state index contributed by atoms with van der Waals surface area (Å²) in [6.07, 6.45) is 3.38. The summed E-state index contributed by atoms with van der Waals surface area (Å²) in [7, 11) is 0. The Kier molecular flexibility index (Phi) is 4.39. The number of carbonyl (C=O) groups excluding carboxylic acids is 1. The van der Waals surface area contributed by atoms with Gasteiger partial charge in [-0.3, -0.25) is 4.79 Å². The molecule has 2 aromatic carbocycles. The third-order valence-corrected chi connectivity index (χ3v) is 3.86. The van der Waals surface area contributed by atoms with Gasteiger partial charge in [0, 0.05) is 17.8 Å². The van der Waals surface area contributed by atoms with Crippen LogP contribution in [0.1, 0.15) is 27.9 Å². The number of ether oxygens (including phenoxy) is 1. The SMILES string of the molecule is NCCOc1ccc(NC(=O)c2ccc3c(c2)CCC3)cc1. The summed E-state index contributed by atoms with van der Waals surface area (Å²) in [5.74, 6) is 0.673. The molecule has 0 unspecified atom stereocenters. The number of hydrogen-bond donors (Lipinski definition) is 2. The summed E-state index contributed by atoms with van der Waals surface area (Å²) >= 11 is 0. The van der Waals surface area contributed by atoms with E-state index in [1.54, 1.807) is 0 Å². The zero-order chi connectivity index (χ0) is 15.4. The van der Waals surface area contributed by atoms with Crippen molar-refractivity contribution in [3.63, 3.8) is 0 Å². The number of fused-ring (bicyclic) bond motifs is 1. The van der Waals surface area contributed by atoms with Gasteiger partial charge in [0.1, 0.15) is 12.4 Å². The minimum atomic E-state index is -0.0784. The highest BCUT2D eigenvalue weighted by Gasteiger charge is 2.14. The van der Waals surface area contributed by atoms with Crippen LogP contribution >= 0.6 is 0 Å². The van der Waals surface area contributed by atoms with Gasteiger partial charge >= 0.3 is 0 Å². The van der Waals surface area contributed by atoms with Crippen LogP contribution in [0.4, 0.5) is 5.69 Å². The zero-order valence-corrected chi connectivity index (χ0v) is 12.5. The fourth-order valence-electron chi connectivity index (χ4n) is 2.73. The number of carbonyl (C=O) groups is 1. The predicted octanol–water partition coefficient (Wildman–Crippen LogP) is 2.77. The summed E-state index contributed by atoms with van der Waals surface area (Å²) in [6.45, 7) is 0.970. The fraction of sp³-hybridized carbons (Fsp3) is 0.278. The average Bonchev–Trinajstić information content (AvgIpc) is 3.01. The van der Waals surface area contributed by atoms with E-state index in [0.29, 0.717) is 18.7 Å². The van der Waals surface area contributed by atoms with Crippen LogP contribution in [0.15, 0.2) is 42.5 Å². The Balaban J connectivity index is 1.66. The number of hydrogen-bond acceptors (Lipinski definition) is 3. The van der Waals surface area contributed by atoms with E-state index in [1.165, 1.54) is 17.5 Å². The highest BCUT2D eigenvalue weighted by atomic mass is 16.5. The van der Waals surface area contributed by atoms with E-state index in [2.05, 4.69) is 11.4 Å². The van der Waals surface area contributed by atoms with Gasteiger partial charge in [0.2, 0.25) is 0 Å². The minimum Gasteiger partial charge on any atom is -0.492 e. The molecule has 4 nitrogen and oxygen atoms in total. The van der Waals surface area contributed by atoms with Crippen molar-refractivity contribution in [2.75, 3.05) is 18.5 Å². The van der Waals surface area contributed by atoms with Crippen LogP contribution in [0.25, 0.3) is 0 Å². The second-order valence-corrected chi connectivity index (χ2v) is 5.45. The van der Waals surface area contributed by atoms with Crippen LogP contribution in [-0.2, 0) is 12.8 Å². The minimum absolute atomic E-state index is 0.0784. The monoisotopic (exact) mass is 296 g/mol. The molecule has 2 aromatic rings. The van der Waals surface area contributed by atoms with Gasteiger partial charge < -0.3 is 15.8 Å². The molecule has 114 valence electrons. The fourth-order valence-corrected chi connectivity index (χ4v) is 2.73. The van der Waals surface area contributed by atoms with Crippen molar-refractivity contribution in [3.05, 3.63) is 59.2 Å². The standard InChI is InChI=1S/C18H20N2O2/c19-10-11-22-17-8-6-16(7-9-17)20-18(21)15-5-4-13-2-1-3-14(13)12-15/h4-9,12H,1-3,10-11,19H2,(H,20,21). The summed E-state index contributed by atoms with van der Waals surface area (Å²) in [4.78, 5) is 12.3. The largest absolute Gasteiger partial charge is 0.492 e. The van der Waals surface area contributed by atoms with Crippen molar-refractivity contribution in [1.29, 1.82) is 0 Å². The zero-order valence-electron chi connectivity index (χ0n) is 12.5. The summed E-state index contributed by atoms with van der Waals surface area (Å²) in [5, 5.41) is 2.91. The lowest BCUT2D eigenvalue weighted by Crippen LogP contribution is -2.12. The molecule has 4 heteroatoms. The van der Waals surface area contributed by atoms with Crippen molar-refractivity contribution in [2.24, 2.45) is 5.73 Å². The molecule has 1 aliphatic carbocycles. The van der Waals surface area contributed by atoms with E-state index < -0.39 is 0 Å². The van der Waals surface area contributed by atoms with E-state index in [4.69, 9.17) is 10.5 Å². The molecular formula is C18H20N2O2. The predicted molar refractivity (Wildman–Crippen MR) is 87.4 cm³/mol. The molecular weight excluding hydrogens is 276 g/mol. The van der Waals surface area contributed by atoms with E-state index in [-0.39, 0.29) is 5.91 Å². The van der Waals surface area contributed by atoms with Crippen LogP contribution in [0.3, 0.4) is 0 Å². The van der Waals surface area contributed by atoms with Crippen LogP contribution in [-0.4, -0.2) is 19.1 Å². The molecule has 3 N–H and O–H groups in total. The molecule has 0 atom stereocenters. The van der Waals surface area contributed by atoms with Crippen LogP contribution in [0.5, 0.6) is 5.75 Å². The van der Waals surface area contributed by atoms with Crippen LogP contribution in [0, 0.1) is 0 Å². The summed E-state index contributed by atoms with van der Waals surface area (Å²) in [6, 6.07) is 13.3. The van der Waals surface area contributed by atoms with Crippen LogP contribution < -0.4 is 15.8 Å². The molecule has 3 rings (SSSR count). The second kappa shape index (κ2) is 6.62. The summed E-state index contributed by atoms with van der Waals surface area (Å²) in [5.41, 5.74) is 9.54. The molecule has 0 aliphatic heterocycles. The first-order chi connectivity index (χ1) is 10.8. The van der Waals surface area contributed by atoms with Gasteiger partial charge in [0.05, 0.1) is 0 Å². The number of nitrogens with two attached hydrogens (primary N) is 1. The maximum Gasteiger partial charge on any atom is 0.255 e. The first kappa shape index (κ1) is 14.6. The Morgan fingerprint density at radius 1 is 1.09 bits per heavy atom. The van der Waals surface area contributed by atoms with Gasteiger partial charge in [-0.1, -0.05) is 6.07 Å². The van der Waals surface area contributed by atoms with Crippen molar-refractivity contribution in [2.45, 2.75) is 19.3 Å². The maximum absolute atomic E-state index is 12.3. The Morgan fingerprint density at radius 3 is 2.64 bits per heavy atom. The Hall–Kier alpha value is -2.33. The summed E-state index contributed by atoms with van der Waals surface area (Å²) < 4.78 is 5.41. The lowest BCUT2D eigenvalue weighted by molar-refractivity contribution is 0.102. The highest BCUT2D eigenvalue weighted by Crippen LogP contribution is 2.23. The lowest BCUT2D eigenvalue weighted by atomic mass is 10.1. The molecule has 0 saturated carbocycles. The topological polar surface area (TPSA) is 64.3 Å². The Morgan fingerprint density at radius 2 is 1.86 bits per heavy atom. The molecule has 1 amide bonds. The second-order valence-electron chi connectivity index (χ2n) is 5.45. The molecule has 0 bridgehead atoms. The first-order valence-electron chi connectivity index (χ1n) is 7.62. The maximum atomic E-state index is 12.3. The average molecular weight is 296 g/mol. The van der Waals surface area contributed by atoms with Gasteiger partial charge in [-0.15, -0.1) is 0 Å². The molecule has 0 spiro atoms. The van der Waals surface area contributed by atoms with Gasteiger partial charge in [-0.2, -0.15) is 0 Å². The lowest BCUT2D eigenvalue weighted by Gasteiger charge is -2.09. The van der Waals surface area contributed by atoms with E-state index >= 15 is 0 Å². The van der Waals surface area contributed by atoms with E-state index in [1.807, 2.05) is 36.4 Å². The van der Waals surface area contributed by atoms with Gasteiger partial charge in [-0.05, 0) is 66.8 Å². The van der Waals surface area contributed by atoms with Gasteiger partial charge in [-0.25, -0.2) is 0 Å². The molecule has 1 aliphatic rings. The third kappa shape index (κ3) is 3.28. The van der Waals surface area contributed by atoms with Crippen molar-refractivity contribution < 1.29 is 9.53 Å². The van der Waals surface area contributed by atoms with Crippen molar-refractivity contribution in [3.8, 4) is 5.75 Å². The number of aryl methyl sites for hydroxylation is 2. The molecule has 0 radical (unpaired) electrons. The molecule has 0 saturated heterocycles. The van der Waals surface area contributed by atoms with Crippen molar-refractivity contribution >= 4 is 11.6 Å². The number of nitrogens with one attached hydrogen (secondary N) is 1. The first-order valence-corrected chi connectivity index (χ1v) is 7.62. The van der Waals surface area contributed by atoms with E-state index in [0.717, 1.165) is 24.3 Å². The highest BCUT2D eigenvalue weighted by molar-refractivity contribution is 6.04. The van der Waals surface area contributed by atoms with Gasteiger partial charge in [0.15, 0.2) is 0 Å². The number of amides is 1.